The largest absolute Gasteiger partial charge is 0.370 e. The molecule has 1 aliphatic rings. The molecule has 0 aromatic rings. The molecule has 74 valence electrons. The summed E-state index contributed by atoms with van der Waals surface area (Å²) in [4.78, 5) is 11.8. The van der Waals surface area contributed by atoms with E-state index in [4.69, 9.17) is 4.74 Å². The standard InChI is InChI=1S/C11H18O2/c1-3-7-10(12)11(13-2)8-5-4-6-9-11/h3H,1,4-9H2,2H3. The van der Waals surface area contributed by atoms with Crippen LogP contribution in [0.25, 0.3) is 0 Å². The first-order valence-corrected chi connectivity index (χ1v) is 4.94. The van der Waals surface area contributed by atoms with Crippen molar-refractivity contribution in [1.82, 2.24) is 0 Å². The van der Waals surface area contributed by atoms with E-state index in [0.29, 0.717) is 6.42 Å². The number of allylic oxidation sites excluding steroid dienone is 1. The maximum Gasteiger partial charge on any atom is 0.168 e. The van der Waals surface area contributed by atoms with E-state index >= 15 is 0 Å². The molecular weight excluding hydrogens is 164 g/mol. The van der Waals surface area contributed by atoms with Gasteiger partial charge in [0, 0.05) is 13.5 Å². The molecule has 2 nitrogen and oxygen atoms in total. The lowest BCUT2D eigenvalue weighted by Gasteiger charge is -2.34. The Kier molecular flexibility index (Phi) is 3.67. The number of carbonyl (C=O) groups is 1. The highest BCUT2D eigenvalue weighted by molar-refractivity contribution is 5.88. The summed E-state index contributed by atoms with van der Waals surface area (Å²) in [6, 6.07) is 0. The molecule has 0 heterocycles. The van der Waals surface area contributed by atoms with Gasteiger partial charge < -0.3 is 4.74 Å². The molecule has 1 fully saturated rings. The van der Waals surface area contributed by atoms with Crippen molar-refractivity contribution in [2.45, 2.75) is 44.1 Å². The Morgan fingerprint density at radius 2 is 2.08 bits per heavy atom. The number of ketones is 1. The van der Waals surface area contributed by atoms with Gasteiger partial charge in [-0.3, -0.25) is 4.79 Å². The van der Waals surface area contributed by atoms with Crippen LogP contribution < -0.4 is 0 Å². The summed E-state index contributed by atoms with van der Waals surface area (Å²) < 4.78 is 5.40. The molecule has 0 spiro atoms. The fourth-order valence-electron chi connectivity index (χ4n) is 2.04. The highest BCUT2D eigenvalue weighted by atomic mass is 16.5. The molecule has 0 N–H and O–H groups in total. The maximum atomic E-state index is 11.8. The van der Waals surface area contributed by atoms with Crippen molar-refractivity contribution in [3.8, 4) is 0 Å². The summed E-state index contributed by atoms with van der Waals surface area (Å²) >= 11 is 0. The van der Waals surface area contributed by atoms with Gasteiger partial charge in [0.25, 0.3) is 0 Å². The van der Waals surface area contributed by atoms with Crippen LogP contribution in [0.2, 0.25) is 0 Å². The van der Waals surface area contributed by atoms with E-state index in [1.807, 2.05) is 0 Å². The molecule has 0 aromatic carbocycles. The van der Waals surface area contributed by atoms with Crippen molar-refractivity contribution >= 4 is 5.78 Å². The molecule has 0 amide bonds. The Morgan fingerprint density at radius 1 is 1.46 bits per heavy atom. The zero-order valence-corrected chi connectivity index (χ0v) is 8.34. The van der Waals surface area contributed by atoms with Gasteiger partial charge in [-0.25, -0.2) is 0 Å². The molecule has 0 aromatic heterocycles. The minimum atomic E-state index is -0.480. The summed E-state index contributed by atoms with van der Waals surface area (Å²) in [6.45, 7) is 3.58. The third-order valence-electron chi connectivity index (χ3n) is 2.89. The van der Waals surface area contributed by atoms with Gasteiger partial charge in [-0.2, -0.15) is 0 Å². The van der Waals surface area contributed by atoms with Crippen LogP contribution in [0, 0.1) is 0 Å². The third-order valence-corrected chi connectivity index (χ3v) is 2.89. The highest BCUT2D eigenvalue weighted by Crippen LogP contribution is 2.32. The van der Waals surface area contributed by atoms with E-state index in [2.05, 4.69) is 6.58 Å². The van der Waals surface area contributed by atoms with Gasteiger partial charge in [0.05, 0.1) is 0 Å². The SMILES string of the molecule is C=CCC(=O)C1(OC)CCCCC1. The predicted octanol–water partition coefficient (Wildman–Crippen LogP) is 2.48. The molecule has 0 unspecified atom stereocenters. The van der Waals surface area contributed by atoms with Crippen LogP contribution in [-0.4, -0.2) is 18.5 Å². The Balaban J connectivity index is 2.66. The zero-order chi connectivity index (χ0) is 9.73. The maximum absolute atomic E-state index is 11.8. The van der Waals surface area contributed by atoms with Crippen LogP contribution in [0.1, 0.15) is 38.5 Å². The summed E-state index contributed by atoms with van der Waals surface area (Å²) in [5.41, 5.74) is -0.480. The quantitative estimate of drug-likeness (QED) is 0.624. The average Bonchev–Trinajstić information content (AvgIpc) is 2.19. The molecule has 0 aliphatic heterocycles. The summed E-state index contributed by atoms with van der Waals surface area (Å²) in [5, 5.41) is 0. The molecule has 2 heteroatoms. The number of hydrogen-bond donors (Lipinski definition) is 0. The first kappa shape index (κ1) is 10.5. The molecule has 0 atom stereocenters. The lowest BCUT2D eigenvalue weighted by Crippen LogP contribution is -2.42. The topological polar surface area (TPSA) is 26.3 Å². The van der Waals surface area contributed by atoms with Crippen molar-refractivity contribution in [3.63, 3.8) is 0 Å². The van der Waals surface area contributed by atoms with Crippen LogP contribution in [0.5, 0.6) is 0 Å². The van der Waals surface area contributed by atoms with Gasteiger partial charge in [0.15, 0.2) is 5.78 Å². The second-order valence-electron chi connectivity index (χ2n) is 3.68. The fraction of sp³-hybridized carbons (Fsp3) is 0.727. The molecule has 13 heavy (non-hydrogen) atoms. The van der Waals surface area contributed by atoms with E-state index in [9.17, 15) is 4.79 Å². The summed E-state index contributed by atoms with van der Waals surface area (Å²) in [5.74, 6) is 0.199. The van der Waals surface area contributed by atoms with E-state index in [1.165, 1.54) is 6.42 Å². The average molecular weight is 182 g/mol. The number of Topliss-reactive ketones (excluding diaryl/α,β-unsaturated/α-hetero) is 1. The van der Waals surface area contributed by atoms with Gasteiger partial charge in [-0.05, 0) is 12.8 Å². The van der Waals surface area contributed by atoms with Crippen molar-refractivity contribution in [2.75, 3.05) is 7.11 Å². The molecule has 1 aliphatic carbocycles. The first-order valence-electron chi connectivity index (χ1n) is 4.94. The minimum Gasteiger partial charge on any atom is -0.370 e. The Bertz CT molecular complexity index is 190. The Morgan fingerprint density at radius 3 is 2.54 bits per heavy atom. The van der Waals surface area contributed by atoms with Crippen molar-refractivity contribution < 1.29 is 9.53 Å². The van der Waals surface area contributed by atoms with Gasteiger partial charge in [-0.15, -0.1) is 6.58 Å². The van der Waals surface area contributed by atoms with E-state index < -0.39 is 5.60 Å². The predicted molar refractivity (Wildman–Crippen MR) is 52.6 cm³/mol. The first-order chi connectivity index (χ1) is 6.25. The molecule has 0 saturated heterocycles. The van der Waals surface area contributed by atoms with Gasteiger partial charge in [0.2, 0.25) is 0 Å². The van der Waals surface area contributed by atoms with Gasteiger partial charge in [0.1, 0.15) is 5.60 Å². The van der Waals surface area contributed by atoms with Crippen molar-refractivity contribution in [1.29, 1.82) is 0 Å². The summed E-state index contributed by atoms with van der Waals surface area (Å²) in [6.07, 6.45) is 7.32. The van der Waals surface area contributed by atoms with E-state index in [1.54, 1.807) is 13.2 Å². The molecule has 0 bridgehead atoms. The van der Waals surface area contributed by atoms with Crippen LogP contribution in [0.4, 0.5) is 0 Å². The van der Waals surface area contributed by atoms with Gasteiger partial charge in [-0.1, -0.05) is 25.3 Å². The fourth-order valence-corrected chi connectivity index (χ4v) is 2.04. The number of carbonyl (C=O) groups excluding carboxylic acids is 1. The second-order valence-corrected chi connectivity index (χ2v) is 3.68. The Labute approximate surface area is 80.0 Å². The van der Waals surface area contributed by atoms with Crippen molar-refractivity contribution in [3.05, 3.63) is 12.7 Å². The lowest BCUT2D eigenvalue weighted by atomic mass is 9.80. The highest BCUT2D eigenvalue weighted by Gasteiger charge is 2.38. The number of ether oxygens (including phenoxy) is 1. The van der Waals surface area contributed by atoms with Crippen molar-refractivity contribution in [2.24, 2.45) is 0 Å². The molecule has 1 rings (SSSR count). The molecule has 0 radical (unpaired) electrons. The smallest absolute Gasteiger partial charge is 0.168 e. The number of methoxy groups -OCH3 is 1. The van der Waals surface area contributed by atoms with E-state index in [0.717, 1.165) is 25.7 Å². The van der Waals surface area contributed by atoms with Crippen LogP contribution >= 0.6 is 0 Å². The molecule has 1 saturated carbocycles. The summed E-state index contributed by atoms with van der Waals surface area (Å²) in [7, 11) is 1.65. The molecular formula is C11H18O2. The van der Waals surface area contributed by atoms with Crippen LogP contribution in [0.15, 0.2) is 12.7 Å². The van der Waals surface area contributed by atoms with E-state index in [-0.39, 0.29) is 5.78 Å². The normalized spacial score (nSPS) is 21.0. The van der Waals surface area contributed by atoms with Gasteiger partial charge >= 0.3 is 0 Å². The number of hydrogen-bond acceptors (Lipinski definition) is 2. The minimum absolute atomic E-state index is 0.199. The third kappa shape index (κ3) is 2.19. The zero-order valence-electron chi connectivity index (χ0n) is 8.34. The Hall–Kier alpha value is -0.630. The van der Waals surface area contributed by atoms with Crippen LogP contribution in [-0.2, 0) is 9.53 Å². The number of rotatable bonds is 4. The monoisotopic (exact) mass is 182 g/mol. The second kappa shape index (κ2) is 4.56. The van der Waals surface area contributed by atoms with Crippen LogP contribution in [0.3, 0.4) is 0 Å². The lowest BCUT2D eigenvalue weighted by molar-refractivity contribution is -0.144.